The number of aliphatic hydroxyl groups excluding tert-OH is 7. The Bertz CT molecular complexity index is 1240. The van der Waals surface area contributed by atoms with Crippen LogP contribution in [-0.4, -0.2) is 110 Å². The molecule has 11 nitrogen and oxygen atoms in total. The van der Waals surface area contributed by atoms with Crippen LogP contribution in [-0.2, 0) is 14.3 Å². The second-order valence-electron chi connectivity index (χ2n) is 18.2. The van der Waals surface area contributed by atoms with Crippen molar-refractivity contribution < 1.29 is 50.0 Å². The largest absolute Gasteiger partial charge is 0.394 e. The molecule has 8 N–H and O–H groups in total. The summed E-state index contributed by atoms with van der Waals surface area (Å²) in [6.45, 7) is 3.20. The monoisotopic (exact) mass is 920 g/mol. The molecule has 0 radical (unpaired) electrons. The molecular weight excluding hydrogens is 823 g/mol. The predicted octanol–water partition coefficient (Wildman–Crippen LogP) is 9.89. The van der Waals surface area contributed by atoms with Crippen molar-refractivity contribution >= 4 is 5.91 Å². The second kappa shape index (κ2) is 43.1. The van der Waals surface area contributed by atoms with Crippen LogP contribution in [0.3, 0.4) is 0 Å². The minimum Gasteiger partial charge on any atom is -0.394 e. The van der Waals surface area contributed by atoms with E-state index in [1.54, 1.807) is 0 Å². The van der Waals surface area contributed by atoms with Crippen LogP contribution in [0.15, 0.2) is 60.8 Å². The third kappa shape index (κ3) is 32.2. The van der Waals surface area contributed by atoms with Gasteiger partial charge >= 0.3 is 0 Å². The van der Waals surface area contributed by atoms with Crippen LogP contribution in [0.25, 0.3) is 0 Å². The van der Waals surface area contributed by atoms with E-state index in [2.05, 4.69) is 66.9 Å². The lowest BCUT2D eigenvalue weighted by Gasteiger charge is -2.40. The Hall–Kier alpha value is -2.19. The molecular formula is C54H97NO10. The number of carbonyl (C=O) groups is 1. The van der Waals surface area contributed by atoms with Crippen molar-refractivity contribution in [1.29, 1.82) is 0 Å². The minimum atomic E-state index is -1.67. The van der Waals surface area contributed by atoms with E-state index in [1.807, 2.05) is 13.0 Å². The van der Waals surface area contributed by atoms with E-state index in [1.165, 1.54) is 103 Å². The number of ether oxygens (including phenoxy) is 2. The fourth-order valence-electron chi connectivity index (χ4n) is 8.04. The molecule has 0 bridgehead atoms. The van der Waals surface area contributed by atoms with E-state index in [9.17, 15) is 40.5 Å². The molecule has 0 aliphatic carbocycles. The first-order valence-electron chi connectivity index (χ1n) is 26.2. The predicted molar refractivity (Wildman–Crippen MR) is 265 cm³/mol. The van der Waals surface area contributed by atoms with Gasteiger partial charge in [-0.3, -0.25) is 4.79 Å². The Morgan fingerprint density at radius 1 is 0.569 bits per heavy atom. The van der Waals surface area contributed by atoms with Gasteiger partial charge in [-0.05, 0) is 90.4 Å². The molecule has 1 aliphatic rings. The Balaban J connectivity index is 2.32. The third-order valence-corrected chi connectivity index (χ3v) is 12.3. The lowest BCUT2D eigenvalue weighted by Crippen LogP contribution is -2.60. The van der Waals surface area contributed by atoms with Crippen LogP contribution in [0.4, 0.5) is 0 Å². The Morgan fingerprint density at radius 2 is 1.03 bits per heavy atom. The lowest BCUT2D eigenvalue weighted by molar-refractivity contribution is -0.303. The molecule has 1 heterocycles. The first-order chi connectivity index (χ1) is 31.7. The summed E-state index contributed by atoms with van der Waals surface area (Å²) in [5.41, 5.74) is 0. The van der Waals surface area contributed by atoms with Gasteiger partial charge in [0.05, 0.1) is 25.4 Å². The highest BCUT2D eigenvalue weighted by molar-refractivity contribution is 5.80. The summed E-state index contributed by atoms with van der Waals surface area (Å²) in [5, 5.41) is 75.7. The van der Waals surface area contributed by atoms with Gasteiger partial charge in [0.15, 0.2) is 6.29 Å². The van der Waals surface area contributed by atoms with E-state index < -0.39 is 74.2 Å². The number of allylic oxidation sites excluding steroid dienone is 10. The molecule has 1 aliphatic heterocycles. The van der Waals surface area contributed by atoms with Crippen molar-refractivity contribution in [1.82, 2.24) is 5.32 Å². The molecule has 1 amide bonds. The number of rotatable bonds is 43. The molecule has 378 valence electrons. The van der Waals surface area contributed by atoms with E-state index >= 15 is 0 Å². The summed E-state index contributed by atoms with van der Waals surface area (Å²) >= 11 is 0. The first-order valence-corrected chi connectivity index (χ1v) is 26.2. The van der Waals surface area contributed by atoms with E-state index in [-0.39, 0.29) is 12.8 Å². The maximum Gasteiger partial charge on any atom is 0.249 e. The highest BCUT2D eigenvalue weighted by atomic mass is 16.7. The number of amides is 1. The first kappa shape index (κ1) is 60.8. The zero-order valence-corrected chi connectivity index (χ0v) is 41.0. The average molecular weight is 920 g/mol. The van der Waals surface area contributed by atoms with E-state index in [0.717, 1.165) is 57.8 Å². The van der Waals surface area contributed by atoms with Gasteiger partial charge in [0.2, 0.25) is 5.91 Å². The average Bonchev–Trinajstić information content (AvgIpc) is 3.31. The fourth-order valence-corrected chi connectivity index (χ4v) is 8.04. The molecule has 1 fully saturated rings. The second-order valence-corrected chi connectivity index (χ2v) is 18.2. The van der Waals surface area contributed by atoms with Gasteiger partial charge in [0.1, 0.15) is 36.6 Å². The maximum absolute atomic E-state index is 13.1. The number of hydrogen-bond acceptors (Lipinski definition) is 10. The van der Waals surface area contributed by atoms with E-state index in [0.29, 0.717) is 19.3 Å². The number of nitrogens with one attached hydrogen (secondary N) is 1. The zero-order valence-electron chi connectivity index (χ0n) is 41.0. The summed E-state index contributed by atoms with van der Waals surface area (Å²) in [7, 11) is 0. The van der Waals surface area contributed by atoms with Crippen LogP contribution in [0.2, 0.25) is 0 Å². The normalized spacial score (nSPS) is 21.4. The van der Waals surface area contributed by atoms with Crippen LogP contribution < -0.4 is 5.32 Å². The zero-order chi connectivity index (χ0) is 47.6. The molecule has 11 heteroatoms. The van der Waals surface area contributed by atoms with Crippen molar-refractivity contribution in [2.45, 2.75) is 262 Å². The molecule has 0 aromatic heterocycles. The summed E-state index contributed by atoms with van der Waals surface area (Å²) in [6, 6.07) is -1.20. The minimum absolute atomic E-state index is 0.237. The summed E-state index contributed by atoms with van der Waals surface area (Å²) in [5.74, 6) is -0.718. The quantitative estimate of drug-likeness (QED) is 0.0216. The molecule has 9 atom stereocenters. The maximum atomic E-state index is 13.1. The van der Waals surface area contributed by atoms with Crippen molar-refractivity contribution in [3.05, 3.63) is 60.8 Å². The van der Waals surface area contributed by atoms with Crippen molar-refractivity contribution in [2.24, 2.45) is 0 Å². The molecule has 0 aromatic rings. The standard InChI is InChI=1S/C54H97NO10/c1-3-5-7-9-11-13-15-17-18-19-20-21-22-23-24-25-26-27-28-29-30-32-34-36-38-40-42-47(58)53(63)55-45(44-64-54-52(62)51(61)50(60)48(43-56)65-54)49(59)46(57)41-39-37-35-33-31-16-14-12-10-8-6-4-2/h4,6,12,14,20-21,23-24,33,35,45-52,54,56-62H,3,5,7-11,13,15-19,22,25-32,34,36-44H2,1-2H3,(H,55,63)/b6-4+,14-12+,21-20-,24-23-,35-33+. The fraction of sp³-hybridized carbons (Fsp3) is 0.796. The van der Waals surface area contributed by atoms with Gasteiger partial charge in [-0.1, -0.05) is 177 Å². The summed E-state index contributed by atoms with van der Waals surface area (Å²) in [6.07, 6.45) is 43.0. The van der Waals surface area contributed by atoms with Gasteiger partial charge in [-0.2, -0.15) is 0 Å². The number of carbonyl (C=O) groups excluding carboxylic acids is 1. The molecule has 1 saturated heterocycles. The summed E-state index contributed by atoms with van der Waals surface area (Å²) in [4.78, 5) is 13.1. The Kier molecular flexibility index (Phi) is 40.3. The van der Waals surface area contributed by atoms with Gasteiger partial charge in [0, 0.05) is 0 Å². The van der Waals surface area contributed by atoms with Crippen molar-refractivity contribution in [3.63, 3.8) is 0 Å². The smallest absolute Gasteiger partial charge is 0.249 e. The number of hydrogen-bond donors (Lipinski definition) is 8. The van der Waals surface area contributed by atoms with Gasteiger partial charge < -0.3 is 50.5 Å². The molecule has 1 rings (SSSR count). The highest BCUT2D eigenvalue weighted by Gasteiger charge is 2.44. The van der Waals surface area contributed by atoms with Gasteiger partial charge in [0.25, 0.3) is 0 Å². The molecule has 9 unspecified atom stereocenters. The van der Waals surface area contributed by atoms with Gasteiger partial charge in [-0.15, -0.1) is 0 Å². The third-order valence-electron chi connectivity index (χ3n) is 12.3. The van der Waals surface area contributed by atoms with Crippen molar-refractivity contribution in [2.75, 3.05) is 13.2 Å². The van der Waals surface area contributed by atoms with Gasteiger partial charge in [-0.25, -0.2) is 0 Å². The van der Waals surface area contributed by atoms with Crippen molar-refractivity contribution in [3.8, 4) is 0 Å². The Morgan fingerprint density at radius 3 is 1.55 bits per heavy atom. The summed E-state index contributed by atoms with van der Waals surface area (Å²) < 4.78 is 11.1. The molecule has 65 heavy (non-hydrogen) atoms. The number of unbranched alkanes of at least 4 members (excludes halogenated alkanes) is 22. The molecule has 0 aromatic carbocycles. The molecule has 0 spiro atoms. The van der Waals surface area contributed by atoms with Crippen LogP contribution in [0.1, 0.15) is 206 Å². The molecule has 0 saturated carbocycles. The van der Waals surface area contributed by atoms with Crippen LogP contribution in [0.5, 0.6) is 0 Å². The lowest BCUT2D eigenvalue weighted by atomic mass is 9.98. The Labute approximate surface area is 395 Å². The van der Waals surface area contributed by atoms with E-state index in [4.69, 9.17) is 9.47 Å². The number of aliphatic hydroxyl groups is 7. The SMILES string of the molecule is C/C=C/CC/C=C/CC/C=C/CCCC(O)C(O)C(COC1OC(CO)C(O)C(O)C1O)NC(=O)C(O)CCCCCCCCCCCC/C=C\C/C=C\CCCCCCCCCCC. The highest BCUT2D eigenvalue weighted by Crippen LogP contribution is 2.23. The van der Waals surface area contributed by atoms with Crippen LogP contribution >= 0.6 is 0 Å². The van der Waals surface area contributed by atoms with Crippen LogP contribution in [0, 0.1) is 0 Å². The topological polar surface area (TPSA) is 189 Å².